The third kappa shape index (κ3) is 11.9. The van der Waals surface area contributed by atoms with Gasteiger partial charge in [-0.1, -0.05) is 212 Å². The van der Waals surface area contributed by atoms with Crippen molar-refractivity contribution in [2.45, 2.75) is 168 Å². The number of hydrogen-bond donors (Lipinski definition) is 0. The SMILES string of the molecule is CC(C)c1cccc(C(C)C)c1-n1c(-c2[c-]cc(-c3cc4c5c(c3)N3c6ccc(C(C)(C)C)cc6Sc6cc(C(C)(C)C)cc(c63)B5c3cc(C(C)(C)C)ccc3N4c3ccc(C(C)(C)C)cc3)cc2)nc2ccccc21.Cc1cnc(-c2[c-]cc(F)cc2)cc1C.[Ir]. The molecule has 9 aromatic carbocycles. The fourth-order valence-corrected chi connectivity index (χ4v) is 14.7. The van der Waals surface area contributed by atoms with E-state index in [1.54, 1.807) is 6.07 Å². The molecule has 9 heteroatoms. The molecule has 0 fully saturated rings. The number of nitrogens with zero attached hydrogens (tertiary/aromatic N) is 5. The summed E-state index contributed by atoms with van der Waals surface area (Å²) < 4.78 is 15.1. The van der Waals surface area contributed by atoms with Crippen molar-refractivity contribution in [1.29, 1.82) is 0 Å². The molecule has 0 spiro atoms. The Labute approximate surface area is 570 Å². The topological polar surface area (TPSA) is 37.2 Å². The number of rotatable bonds is 7. The van der Waals surface area contributed by atoms with Gasteiger partial charge in [0.25, 0.3) is 6.71 Å². The zero-order valence-electron chi connectivity index (χ0n) is 57.3. The molecule has 2 aromatic heterocycles. The summed E-state index contributed by atoms with van der Waals surface area (Å²) in [6.07, 6.45) is 1.82. The van der Waals surface area contributed by atoms with Crippen LogP contribution in [0.2, 0.25) is 0 Å². The summed E-state index contributed by atoms with van der Waals surface area (Å²) in [6, 6.07) is 69.3. The van der Waals surface area contributed by atoms with Crippen LogP contribution in [-0.2, 0) is 41.8 Å². The molecule has 0 atom stereocenters. The number of benzene rings is 9. The van der Waals surface area contributed by atoms with E-state index in [9.17, 15) is 4.39 Å². The second kappa shape index (κ2) is 24.2. The van der Waals surface area contributed by atoms with Crippen LogP contribution < -0.4 is 26.2 Å². The molecule has 11 aromatic rings. The average Bonchev–Trinajstić information content (AvgIpc) is 1.15. The van der Waals surface area contributed by atoms with Crippen molar-refractivity contribution in [2.75, 3.05) is 9.80 Å². The molecule has 0 aliphatic carbocycles. The van der Waals surface area contributed by atoms with Crippen LogP contribution in [-0.4, -0.2) is 21.2 Å². The van der Waals surface area contributed by atoms with Crippen molar-refractivity contribution < 1.29 is 24.5 Å². The van der Waals surface area contributed by atoms with E-state index in [1.807, 2.05) is 37.9 Å². The summed E-state index contributed by atoms with van der Waals surface area (Å²) >= 11 is 1.95. The quantitative estimate of drug-likeness (QED) is 0.117. The van der Waals surface area contributed by atoms with Crippen molar-refractivity contribution in [3.05, 3.63) is 239 Å². The number of aryl methyl sites for hydroxylation is 2. The predicted molar refractivity (Wildman–Crippen MR) is 390 cm³/mol. The second-order valence-electron chi connectivity index (χ2n) is 30.5. The number of halogens is 1. The predicted octanol–water partition coefficient (Wildman–Crippen LogP) is 21.4. The summed E-state index contributed by atoms with van der Waals surface area (Å²) in [4.78, 5) is 17.5. The zero-order valence-corrected chi connectivity index (χ0v) is 60.5. The van der Waals surface area contributed by atoms with Gasteiger partial charge in [0.1, 0.15) is 0 Å². The fourth-order valence-electron chi connectivity index (χ4n) is 13.5. The van der Waals surface area contributed by atoms with Gasteiger partial charge in [0.15, 0.2) is 0 Å². The van der Waals surface area contributed by atoms with Crippen LogP contribution in [0.25, 0.3) is 50.5 Å². The smallest absolute Gasteiger partial charge is 0.252 e. The molecule has 1 radical (unpaired) electrons. The maximum Gasteiger partial charge on any atom is 0.252 e. The van der Waals surface area contributed by atoms with Gasteiger partial charge in [-0.25, -0.2) is 0 Å². The van der Waals surface area contributed by atoms with Crippen LogP contribution >= 0.6 is 11.8 Å². The summed E-state index contributed by atoms with van der Waals surface area (Å²) in [5.74, 6) is 1.28. The third-order valence-electron chi connectivity index (χ3n) is 19.1. The molecule has 0 saturated carbocycles. The summed E-state index contributed by atoms with van der Waals surface area (Å²) in [5.41, 5.74) is 29.9. The van der Waals surface area contributed by atoms with Gasteiger partial charge in [-0.2, -0.15) is 0 Å². The van der Waals surface area contributed by atoms with Gasteiger partial charge in [-0.05, 0) is 169 Å². The van der Waals surface area contributed by atoms with E-state index >= 15 is 0 Å². The molecule has 5 nitrogen and oxygen atoms in total. The first-order chi connectivity index (χ1) is 43.5. The fraction of sp³-hybridized carbons (Fsp3) is 0.286. The van der Waals surface area contributed by atoms with E-state index in [1.165, 1.54) is 111 Å². The number of para-hydroxylation sites is 3. The standard InChI is InChI=1S/C71H74BN4S.C13H11FN.Ir/c1-42(2)52-20-19-21-53(43(3)4)65(52)76-58-23-18-17-22-56(58)73-67(76)45-26-24-44(25-27-45)46-36-60-64-61(37-46)75-59-35-31-49(70(11,12)13)40-62(59)77-63-41-50(71(14,15)16)39-55(66(63)75)72(64)54-38-48(69(8,9)10)30-34-57(54)74(60)51-32-28-47(29-33-51)68(5,6)7;1-9-7-13(15-8-10(9)2)11-3-5-12(14)6-4-11;/h17-26,28-43H,1-16H3;3,5-8H,1-2H3;/q2*-1;. The first kappa shape index (κ1) is 65.3. The van der Waals surface area contributed by atoms with E-state index < -0.39 is 0 Å². The van der Waals surface area contributed by atoms with Gasteiger partial charge < -0.3 is 19.4 Å². The third-order valence-corrected chi connectivity index (χ3v) is 20.2. The number of fused-ring (bicyclic) bond motifs is 7. The monoisotopic (exact) mass is 1420 g/mol. The molecule has 3 aliphatic heterocycles. The molecule has 0 amide bonds. The Morgan fingerprint density at radius 2 is 1.08 bits per heavy atom. The molecule has 3 aliphatic rings. The Morgan fingerprint density at radius 1 is 0.495 bits per heavy atom. The molecular formula is C84H85BFIrN5S-2. The number of aromatic nitrogens is 3. The number of anilines is 6. The van der Waals surface area contributed by atoms with Crippen molar-refractivity contribution in [3.8, 4) is 39.5 Å². The van der Waals surface area contributed by atoms with Gasteiger partial charge in [0.05, 0.1) is 28.2 Å². The summed E-state index contributed by atoms with van der Waals surface area (Å²) in [7, 11) is 0. The molecule has 0 N–H and O–H groups in total. The van der Waals surface area contributed by atoms with E-state index in [2.05, 4.69) is 288 Å². The normalized spacial score (nSPS) is 13.3. The zero-order chi connectivity index (χ0) is 65.2. The van der Waals surface area contributed by atoms with Crippen molar-refractivity contribution in [3.63, 3.8) is 0 Å². The number of imidazole rings is 1. The Bertz CT molecular complexity index is 4660. The van der Waals surface area contributed by atoms with Crippen LogP contribution in [0.5, 0.6) is 0 Å². The summed E-state index contributed by atoms with van der Waals surface area (Å²) in [5, 5.41) is 0. The molecule has 93 heavy (non-hydrogen) atoms. The molecule has 473 valence electrons. The number of hydrogen-bond acceptors (Lipinski definition) is 5. The van der Waals surface area contributed by atoms with Gasteiger partial charge in [0, 0.05) is 70.3 Å². The van der Waals surface area contributed by atoms with Crippen LogP contribution in [0, 0.1) is 31.8 Å². The Kier molecular flexibility index (Phi) is 17.0. The minimum atomic E-state index is -0.275. The molecule has 0 unspecified atom stereocenters. The van der Waals surface area contributed by atoms with E-state index in [0.717, 1.165) is 56.1 Å². The molecular weight excluding hydrogens is 1330 g/mol. The minimum Gasteiger partial charge on any atom is -0.333 e. The molecule has 5 heterocycles. The first-order valence-electron chi connectivity index (χ1n) is 32.8. The van der Waals surface area contributed by atoms with Gasteiger partial charge in [-0.3, -0.25) is 9.37 Å². The average molecular weight is 1420 g/mol. The minimum absolute atomic E-state index is 0. The van der Waals surface area contributed by atoms with Crippen molar-refractivity contribution in [2.24, 2.45) is 0 Å². The molecule has 0 saturated heterocycles. The van der Waals surface area contributed by atoms with Crippen molar-refractivity contribution >= 4 is 80.0 Å². The van der Waals surface area contributed by atoms with Crippen LogP contribution in [0.1, 0.15) is 167 Å². The van der Waals surface area contributed by atoms with Crippen LogP contribution in [0.4, 0.5) is 38.5 Å². The van der Waals surface area contributed by atoms with Gasteiger partial charge in [-0.15, -0.1) is 59.7 Å². The van der Waals surface area contributed by atoms with Gasteiger partial charge >= 0.3 is 0 Å². The Balaban J connectivity index is 0.000000456. The molecule has 14 rings (SSSR count). The van der Waals surface area contributed by atoms with Crippen LogP contribution in [0.3, 0.4) is 0 Å². The number of pyridine rings is 1. The first-order valence-corrected chi connectivity index (χ1v) is 33.6. The summed E-state index contributed by atoms with van der Waals surface area (Å²) in [6.45, 7) is 41.3. The maximum absolute atomic E-state index is 12.7. The Hall–Kier alpha value is -7.81. The van der Waals surface area contributed by atoms with E-state index in [-0.39, 0.29) is 54.3 Å². The maximum atomic E-state index is 12.7. The van der Waals surface area contributed by atoms with Crippen LogP contribution in [0.15, 0.2) is 186 Å². The van der Waals surface area contributed by atoms with Gasteiger partial charge in [0.2, 0.25) is 0 Å². The Morgan fingerprint density at radius 3 is 1.68 bits per heavy atom. The van der Waals surface area contributed by atoms with E-state index in [4.69, 9.17) is 4.98 Å². The van der Waals surface area contributed by atoms with E-state index in [0.29, 0.717) is 11.8 Å². The largest absolute Gasteiger partial charge is 0.333 e. The second-order valence-corrected chi connectivity index (χ2v) is 31.6. The molecule has 0 bridgehead atoms. The van der Waals surface area contributed by atoms with Crippen molar-refractivity contribution in [1.82, 2.24) is 14.5 Å².